The Hall–Kier alpha value is -2.15. The molecule has 3 N–H and O–H groups in total. The third kappa shape index (κ3) is 5.66. The third-order valence-corrected chi connectivity index (χ3v) is 4.68. The predicted molar refractivity (Wildman–Crippen MR) is 108 cm³/mol. The van der Waals surface area contributed by atoms with Crippen LogP contribution in [-0.2, 0) is 14.3 Å². The summed E-state index contributed by atoms with van der Waals surface area (Å²) in [5, 5.41) is 5.21. The number of carbonyl (C=O) groups excluding carboxylic acids is 2. The van der Waals surface area contributed by atoms with Crippen LogP contribution in [0.2, 0.25) is 0 Å². The van der Waals surface area contributed by atoms with Gasteiger partial charge in [-0.05, 0) is 22.4 Å². The molecule has 0 bridgehead atoms. The second-order valence-corrected chi connectivity index (χ2v) is 6.46. The van der Waals surface area contributed by atoms with Gasteiger partial charge in [-0.25, -0.2) is 0 Å². The van der Waals surface area contributed by atoms with Gasteiger partial charge in [0.05, 0.1) is 19.3 Å². The highest BCUT2D eigenvalue weighted by molar-refractivity contribution is 5.86. The molecule has 2 amide bonds. The van der Waals surface area contributed by atoms with Gasteiger partial charge in [-0.1, -0.05) is 36.4 Å². The van der Waals surface area contributed by atoms with Gasteiger partial charge in [0.25, 0.3) is 0 Å². The van der Waals surface area contributed by atoms with Gasteiger partial charge in [-0.3, -0.25) is 9.59 Å². The van der Waals surface area contributed by atoms with E-state index >= 15 is 0 Å². The minimum atomic E-state index is -0.259. The average molecular weight is 392 g/mol. The molecule has 0 saturated carbocycles. The summed E-state index contributed by atoms with van der Waals surface area (Å²) in [6, 6.07) is 13.9. The standard InChI is InChI=1S/C20H25N3O3.ClH/c21-14-18(17-6-5-15-3-1-2-4-16(15)13-17)22-19(24)7-8-20(25)23-9-11-26-12-10-23;/h1-6,13,18H,7-12,14,21H2,(H,22,24);1H. The van der Waals surface area contributed by atoms with Crippen LogP contribution in [-0.4, -0.2) is 49.6 Å². The zero-order chi connectivity index (χ0) is 18.4. The van der Waals surface area contributed by atoms with Gasteiger partial charge in [-0.2, -0.15) is 0 Å². The van der Waals surface area contributed by atoms with Gasteiger partial charge < -0.3 is 20.7 Å². The minimum absolute atomic E-state index is 0. The maximum absolute atomic E-state index is 12.3. The van der Waals surface area contributed by atoms with E-state index in [2.05, 4.69) is 5.32 Å². The number of fused-ring (bicyclic) bond motifs is 1. The Bertz CT molecular complexity index is 778. The van der Waals surface area contributed by atoms with E-state index in [4.69, 9.17) is 10.5 Å². The van der Waals surface area contributed by atoms with Crippen molar-refractivity contribution in [3.05, 3.63) is 48.0 Å². The quantitative estimate of drug-likeness (QED) is 0.788. The van der Waals surface area contributed by atoms with Gasteiger partial charge >= 0.3 is 0 Å². The highest BCUT2D eigenvalue weighted by Gasteiger charge is 2.19. The molecule has 1 aliphatic heterocycles. The largest absolute Gasteiger partial charge is 0.378 e. The highest BCUT2D eigenvalue weighted by Crippen LogP contribution is 2.20. The fourth-order valence-electron chi connectivity index (χ4n) is 3.16. The second-order valence-electron chi connectivity index (χ2n) is 6.46. The summed E-state index contributed by atoms with van der Waals surface area (Å²) in [4.78, 5) is 26.2. The zero-order valence-electron chi connectivity index (χ0n) is 15.2. The van der Waals surface area contributed by atoms with Crippen LogP contribution in [0.3, 0.4) is 0 Å². The van der Waals surface area contributed by atoms with Crippen molar-refractivity contribution < 1.29 is 14.3 Å². The molecule has 1 unspecified atom stereocenters. The van der Waals surface area contributed by atoms with E-state index in [-0.39, 0.29) is 43.1 Å². The number of morpholine rings is 1. The number of halogens is 1. The normalized spacial score (nSPS) is 15.1. The molecule has 2 aromatic rings. The summed E-state index contributed by atoms with van der Waals surface area (Å²) in [5.41, 5.74) is 6.84. The number of nitrogens with zero attached hydrogens (tertiary/aromatic N) is 1. The number of rotatable bonds is 6. The molecule has 6 nitrogen and oxygen atoms in total. The lowest BCUT2D eigenvalue weighted by molar-refractivity contribution is -0.137. The maximum Gasteiger partial charge on any atom is 0.223 e. The highest BCUT2D eigenvalue weighted by atomic mass is 35.5. The third-order valence-electron chi connectivity index (χ3n) is 4.68. The smallest absolute Gasteiger partial charge is 0.223 e. The molecule has 7 heteroatoms. The van der Waals surface area contributed by atoms with Crippen LogP contribution in [0.1, 0.15) is 24.4 Å². The molecule has 3 rings (SSSR count). The van der Waals surface area contributed by atoms with Crippen LogP contribution in [0.4, 0.5) is 0 Å². The molecule has 0 radical (unpaired) electrons. The van der Waals surface area contributed by atoms with Crippen LogP contribution in [0.15, 0.2) is 42.5 Å². The number of amides is 2. The second kappa shape index (κ2) is 10.3. The first-order chi connectivity index (χ1) is 12.7. The first-order valence-electron chi connectivity index (χ1n) is 9.01. The van der Waals surface area contributed by atoms with Crippen molar-refractivity contribution in [1.29, 1.82) is 0 Å². The Labute approximate surface area is 165 Å². The molecule has 0 aromatic heterocycles. The molecule has 1 saturated heterocycles. The number of nitrogens with one attached hydrogen (secondary N) is 1. The molecular formula is C20H26ClN3O3. The van der Waals surface area contributed by atoms with Crippen LogP contribution in [0, 0.1) is 0 Å². The molecule has 0 aliphatic carbocycles. The minimum Gasteiger partial charge on any atom is -0.378 e. The Kier molecular flexibility index (Phi) is 8.03. The summed E-state index contributed by atoms with van der Waals surface area (Å²) in [6.45, 7) is 2.64. The fraction of sp³-hybridized carbons (Fsp3) is 0.400. The zero-order valence-corrected chi connectivity index (χ0v) is 16.0. The SMILES string of the molecule is Cl.NCC(NC(=O)CCC(=O)N1CCOCC1)c1ccc2ccccc2c1. The molecule has 2 aromatic carbocycles. The van der Waals surface area contributed by atoms with Crippen molar-refractivity contribution >= 4 is 35.0 Å². The van der Waals surface area contributed by atoms with Crippen molar-refractivity contribution in [2.45, 2.75) is 18.9 Å². The monoisotopic (exact) mass is 391 g/mol. The number of benzene rings is 2. The number of ether oxygens (including phenoxy) is 1. The number of nitrogens with two attached hydrogens (primary N) is 1. The van der Waals surface area contributed by atoms with E-state index in [0.29, 0.717) is 32.8 Å². The Morgan fingerprint density at radius 1 is 1.07 bits per heavy atom. The van der Waals surface area contributed by atoms with Crippen LogP contribution >= 0.6 is 12.4 Å². The van der Waals surface area contributed by atoms with Gasteiger partial charge in [0, 0.05) is 32.5 Å². The maximum atomic E-state index is 12.3. The van der Waals surface area contributed by atoms with Gasteiger partial charge in [0.1, 0.15) is 0 Å². The average Bonchev–Trinajstić information content (AvgIpc) is 2.70. The molecule has 1 atom stereocenters. The number of carbonyl (C=O) groups is 2. The van der Waals surface area contributed by atoms with E-state index in [1.54, 1.807) is 4.90 Å². The van der Waals surface area contributed by atoms with Crippen LogP contribution in [0.25, 0.3) is 10.8 Å². The van der Waals surface area contributed by atoms with E-state index in [1.165, 1.54) is 0 Å². The van der Waals surface area contributed by atoms with Crippen molar-refractivity contribution in [1.82, 2.24) is 10.2 Å². The summed E-state index contributed by atoms with van der Waals surface area (Å²) in [6.07, 6.45) is 0.376. The predicted octanol–water partition coefficient (Wildman–Crippen LogP) is 2.02. The molecule has 1 aliphatic rings. The molecular weight excluding hydrogens is 366 g/mol. The summed E-state index contributed by atoms with van der Waals surface area (Å²) in [7, 11) is 0. The Morgan fingerprint density at radius 2 is 1.78 bits per heavy atom. The lowest BCUT2D eigenvalue weighted by Gasteiger charge is -2.27. The topological polar surface area (TPSA) is 84.7 Å². The van der Waals surface area contributed by atoms with E-state index < -0.39 is 0 Å². The van der Waals surface area contributed by atoms with E-state index in [9.17, 15) is 9.59 Å². The molecule has 0 spiro atoms. The van der Waals surface area contributed by atoms with Crippen molar-refractivity contribution in [2.75, 3.05) is 32.8 Å². The van der Waals surface area contributed by atoms with Gasteiger partial charge in [-0.15, -0.1) is 12.4 Å². The van der Waals surface area contributed by atoms with Crippen LogP contribution in [0.5, 0.6) is 0 Å². The summed E-state index contributed by atoms with van der Waals surface area (Å²) < 4.78 is 5.24. The summed E-state index contributed by atoms with van der Waals surface area (Å²) >= 11 is 0. The first kappa shape index (κ1) is 21.2. The summed E-state index contributed by atoms with van der Waals surface area (Å²) in [5.74, 6) is -0.159. The van der Waals surface area contributed by atoms with Crippen molar-refractivity contribution in [3.63, 3.8) is 0 Å². The Balaban J connectivity index is 0.00000261. The van der Waals surface area contributed by atoms with Gasteiger partial charge in [0.15, 0.2) is 0 Å². The van der Waals surface area contributed by atoms with E-state index in [1.807, 2.05) is 42.5 Å². The number of hydrogen-bond acceptors (Lipinski definition) is 4. The van der Waals surface area contributed by atoms with Crippen molar-refractivity contribution in [2.24, 2.45) is 5.73 Å². The molecule has 1 heterocycles. The van der Waals surface area contributed by atoms with Crippen LogP contribution < -0.4 is 11.1 Å². The van der Waals surface area contributed by atoms with Gasteiger partial charge in [0.2, 0.25) is 11.8 Å². The lowest BCUT2D eigenvalue weighted by Crippen LogP contribution is -2.41. The Morgan fingerprint density at radius 3 is 2.48 bits per heavy atom. The molecule has 27 heavy (non-hydrogen) atoms. The number of hydrogen-bond donors (Lipinski definition) is 2. The molecule has 1 fully saturated rings. The van der Waals surface area contributed by atoms with Crippen molar-refractivity contribution in [3.8, 4) is 0 Å². The van der Waals surface area contributed by atoms with E-state index in [0.717, 1.165) is 16.3 Å². The fourth-order valence-corrected chi connectivity index (χ4v) is 3.16. The molecule has 146 valence electrons. The lowest BCUT2D eigenvalue weighted by atomic mass is 10.0. The first-order valence-corrected chi connectivity index (χ1v) is 9.01.